The van der Waals surface area contributed by atoms with Crippen LogP contribution in [0, 0.1) is 18.7 Å². The number of rotatable bonds is 2. The lowest BCUT2D eigenvalue weighted by Gasteiger charge is -2.15. The van der Waals surface area contributed by atoms with E-state index in [1.807, 2.05) is 0 Å². The molecule has 3 heterocycles. The van der Waals surface area contributed by atoms with Gasteiger partial charge in [-0.05, 0) is 13.0 Å². The standard InChI is InChI=1S/C14H14F2N2O5/c1-4-5-2-6(11-10(21)9(20)7(3-19)23-11)14(22)18-13(5)17-12(16)8(4)15/h2,7,9-11,19-21H,3H2,1H3,(H,17,18,22)/t7-,9?,10+,11+/m1/s1. The van der Waals surface area contributed by atoms with Gasteiger partial charge in [-0.1, -0.05) is 0 Å². The molecule has 7 nitrogen and oxygen atoms in total. The third-order valence-corrected chi connectivity index (χ3v) is 4.02. The van der Waals surface area contributed by atoms with Gasteiger partial charge in [-0.25, -0.2) is 4.39 Å². The molecule has 124 valence electrons. The van der Waals surface area contributed by atoms with Crippen LogP contribution in [-0.2, 0) is 4.74 Å². The van der Waals surface area contributed by atoms with Crippen molar-refractivity contribution < 1.29 is 28.8 Å². The molecular weight excluding hydrogens is 314 g/mol. The monoisotopic (exact) mass is 328 g/mol. The van der Waals surface area contributed by atoms with Gasteiger partial charge in [0, 0.05) is 16.5 Å². The molecule has 0 bridgehead atoms. The quantitative estimate of drug-likeness (QED) is 0.561. The lowest BCUT2D eigenvalue weighted by molar-refractivity contribution is -0.0231. The van der Waals surface area contributed by atoms with Gasteiger partial charge in [-0.2, -0.15) is 9.37 Å². The van der Waals surface area contributed by atoms with Crippen LogP contribution in [-0.4, -0.2) is 50.2 Å². The van der Waals surface area contributed by atoms with Crippen LogP contribution in [0.25, 0.3) is 11.0 Å². The molecule has 2 aromatic heterocycles. The maximum Gasteiger partial charge on any atom is 0.255 e. The highest BCUT2D eigenvalue weighted by atomic mass is 19.2. The molecule has 1 unspecified atom stereocenters. The topological polar surface area (TPSA) is 116 Å². The number of aliphatic hydroxyl groups is 3. The van der Waals surface area contributed by atoms with Crippen LogP contribution in [0.5, 0.6) is 0 Å². The number of aromatic nitrogens is 2. The highest BCUT2D eigenvalue weighted by Crippen LogP contribution is 2.33. The van der Waals surface area contributed by atoms with E-state index < -0.39 is 48.3 Å². The Morgan fingerprint density at radius 2 is 2.04 bits per heavy atom. The smallest absolute Gasteiger partial charge is 0.255 e. The second kappa shape index (κ2) is 5.60. The number of aromatic amines is 1. The summed E-state index contributed by atoms with van der Waals surface area (Å²) in [6, 6.07) is 1.24. The lowest BCUT2D eigenvalue weighted by Crippen LogP contribution is -2.33. The van der Waals surface area contributed by atoms with Gasteiger partial charge in [-0.15, -0.1) is 0 Å². The van der Waals surface area contributed by atoms with Gasteiger partial charge in [0.25, 0.3) is 11.5 Å². The molecule has 1 saturated heterocycles. The van der Waals surface area contributed by atoms with Gasteiger partial charge in [0.15, 0.2) is 5.82 Å². The van der Waals surface area contributed by atoms with Crippen LogP contribution >= 0.6 is 0 Å². The fraction of sp³-hybridized carbons (Fsp3) is 0.429. The molecule has 0 aliphatic carbocycles. The SMILES string of the molecule is Cc1c(F)c(F)nc2[nH]c(=O)c([C@@H]3O[C@H](CO)C(O)[C@@H]3O)cc12. The molecule has 4 N–H and O–H groups in total. The molecule has 0 spiro atoms. The van der Waals surface area contributed by atoms with Crippen LogP contribution in [0.4, 0.5) is 8.78 Å². The Labute approximate surface area is 128 Å². The van der Waals surface area contributed by atoms with Gasteiger partial charge in [0.1, 0.15) is 30.1 Å². The number of hydrogen-bond acceptors (Lipinski definition) is 6. The lowest BCUT2D eigenvalue weighted by atomic mass is 10.0. The molecule has 23 heavy (non-hydrogen) atoms. The second-order valence-electron chi connectivity index (χ2n) is 5.42. The predicted molar refractivity (Wildman–Crippen MR) is 73.7 cm³/mol. The first-order valence-corrected chi connectivity index (χ1v) is 6.86. The molecule has 1 fully saturated rings. The predicted octanol–water partition coefficient (Wildman–Crippen LogP) is -0.336. The molecule has 9 heteroatoms. The molecule has 0 amide bonds. The largest absolute Gasteiger partial charge is 0.394 e. The van der Waals surface area contributed by atoms with Gasteiger partial charge < -0.3 is 25.0 Å². The van der Waals surface area contributed by atoms with Crippen molar-refractivity contribution in [1.29, 1.82) is 0 Å². The van der Waals surface area contributed by atoms with Crippen LogP contribution in [0.1, 0.15) is 17.2 Å². The number of halogens is 2. The van der Waals surface area contributed by atoms with Crippen LogP contribution < -0.4 is 5.56 Å². The molecule has 4 atom stereocenters. The second-order valence-corrected chi connectivity index (χ2v) is 5.42. The van der Waals surface area contributed by atoms with Crippen LogP contribution in [0.2, 0.25) is 0 Å². The summed E-state index contributed by atoms with van der Waals surface area (Å²) in [4.78, 5) is 17.8. The summed E-state index contributed by atoms with van der Waals surface area (Å²) in [6.07, 6.45) is -5.06. The highest BCUT2D eigenvalue weighted by molar-refractivity contribution is 5.79. The number of aryl methyl sites for hydroxylation is 1. The van der Waals surface area contributed by atoms with Gasteiger partial charge in [0.2, 0.25) is 0 Å². The summed E-state index contributed by atoms with van der Waals surface area (Å²) < 4.78 is 32.2. The fourth-order valence-corrected chi connectivity index (χ4v) is 2.70. The first-order valence-electron chi connectivity index (χ1n) is 6.86. The van der Waals surface area contributed by atoms with Crippen molar-refractivity contribution in [3.8, 4) is 0 Å². The van der Waals surface area contributed by atoms with E-state index in [1.54, 1.807) is 0 Å². The maximum atomic E-state index is 13.6. The van der Waals surface area contributed by atoms with E-state index >= 15 is 0 Å². The average molecular weight is 328 g/mol. The molecular formula is C14H14F2N2O5. The van der Waals surface area contributed by atoms with Crippen molar-refractivity contribution in [2.75, 3.05) is 6.61 Å². The normalized spacial score (nSPS) is 27.7. The number of fused-ring (bicyclic) bond motifs is 1. The zero-order valence-electron chi connectivity index (χ0n) is 12.0. The molecule has 1 aliphatic rings. The summed E-state index contributed by atoms with van der Waals surface area (Å²) in [7, 11) is 0. The number of nitrogens with zero attached hydrogens (tertiary/aromatic N) is 1. The number of pyridine rings is 2. The van der Waals surface area contributed by atoms with E-state index in [4.69, 9.17) is 9.84 Å². The summed E-state index contributed by atoms with van der Waals surface area (Å²) >= 11 is 0. The molecule has 3 rings (SSSR count). The molecule has 0 saturated carbocycles. The number of hydrogen-bond donors (Lipinski definition) is 4. The zero-order valence-corrected chi connectivity index (χ0v) is 12.0. The third kappa shape index (κ3) is 2.41. The zero-order chi connectivity index (χ0) is 16.9. The maximum absolute atomic E-state index is 13.6. The minimum absolute atomic E-state index is 0.0586. The van der Waals surface area contributed by atoms with Gasteiger partial charge in [-0.3, -0.25) is 4.79 Å². The average Bonchev–Trinajstić information content (AvgIpc) is 2.80. The van der Waals surface area contributed by atoms with Crippen molar-refractivity contribution in [2.24, 2.45) is 0 Å². The Balaban J connectivity index is 2.16. The van der Waals surface area contributed by atoms with Crippen molar-refractivity contribution in [1.82, 2.24) is 9.97 Å². The summed E-state index contributed by atoms with van der Waals surface area (Å²) in [5.41, 5.74) is -0.986. The summed E-state index contributed by atoms with van der Waals surface area (Å²) in [5.74, 6) is -2.47. The van der Waals surface area contributed by atoms with Crippen molar-refractivity contribution in [2.45, 2.75) is 31.3 Å². The van der Waals surface area contributed by atoms with E-state index in [0.717, 1.165) is 0 Å². The molecule has 0 radical (unpaired) electrons. The number of ether oxygens (including phenoxy) is 1. The molecule has 1 aliphatic heterocycles. The van der Waals surface area contributed by atoms with Crippen molar-refractivity contribution >= 4 is 11.0 Å². The number of aliphatic hydroxyl groups excluding tert-OH is 3. The Bertz CT molecular complexity index is 825. The van der Waals surface area contributed by atoms with E-state index in [9.17, 15) is 23.8 Å². The van der Waals surface area contributed by atoms with Gasteiger partial charge in [0.05, 0.1) is 6.61 Å². The number of H-pyrrole nitrogens is 1. The van der Waals surface area contributed by atoms with Crippen LogP contribution in [0.15, 0.2) is 10.9 Å². The summed E-state index contributed by atoms with van der Waals surface area (Å²) in [5, 5.41) is 29.0. The number of nitrogens with one attached hydrogen (secondary N) is 1. The highest BCUT2D eigenvalue weighted by Gasteiger charge is 2.44. The van der Waals surface area contributed by atoms with Crippen molar-refractivity contribution in [3.05, 3.63) is 39.3 Å². The third-order valence-electron chi connectivity index (χ3n) is 4.02. The van der Waals surface area contributed by atoms with E-state index in [-0.39, 0.29) is 22.2 Å². The Hall–Kier alpha value is -1.94. The minimum atomic E-state index is -1.44. The van der Waals surface area contributed by atoms with E-state index in [0.29, 0.717) is 0 Å². The van der Waals surface area contributed by atoms with Crippen LogP contribution in [0.3, 0.4) is 0 Å². The first kappa shape index (κ1) is 15.9. The Kier molecular flexibility index (Phi) is 3.88. The fourth-order valence-electron chi connectivity index (χ4n) is 2.70. The Morgan fingerprint density at radius 1 is 1.35 bits per heavy atom. The van der Waals surface area contributed by atoms with Crippen molar-refractivity contribution in [3.63, 3.8) is 0 Å². The summed E-state index contributed by atoms with van der Waals surface area (Å²) in [6.45, 7) is 0.780. The van der Waals surface area contributed by atoms with Gasteiger partial charge >= 0.3 is 0 Å². The van der Waals surface area contributed by atoms with E-state index in [1.165, 1.54) is 13.0 Å². The minimum Gasteiger partial charge on any atom is -0.394 e. The first-order chi connectivity index (χ1) is 10.8. The Morgan fingerprint density at radius 3 is 2.65 bits per heavy atom. The van der Waals surface area contributed by atoms with E-state index in [2.05, 4.69) is 9.97 Å². The molecule has 2 aromatic rings. The molecule has 0 aromatic carbocycles.